The summed E-state index contributed by atoms with van der Waals surface area (Å²) in [5.41, 5.74) is 2.47. The SMILES string of the molecule is COC(=O)c1ccc2c(-c3ccc(Cl)c(F)c3)cn(C3CCOCC3)c2n1. The zero-order valence-corrected chi connectivity index (χ0v) is 15.5. The first-order valence-electron chi connectivity index (χ1n) is 8.71. The van der Waals surface area contributed by atoms with Crippen molar-refractivity contribution < 1.29 is 18.7 Å². The Morgan fingerprint density at radius 1 is 1.30 bits per heavy atom. The van der Waals surface area contributed by atoms with Gasteiger partial charge in [-0.1, -0.05) is 17.7 Å². The molecule has 0 bridgehead atoms. The molecule has 4 rings (SSSR count). The molecule has 1 aliphatic heterocycles. The summed E-state index contributed by atoms with van der Waals surface area (Å²) in [4.78, 5) is 16.5. The van der Waals surface area contributed by atoms with Crippen LogP contribution in [0, 0.1) is 5.82 Å². The minimum absolute atomic E-state index is 0.0815. The van der Waals surface area contributed by atoms with Gasteiger partial charge in [0.15, 0.2) is 5.69 Å². The Balaban J connectivity index is 1.91. The molecule has 7 heteroatoms. The molecule has 3 heterocycles. The zero-order valence-electron chi connectivity index (χ0n) is 14.7. The molecule has 0 amide bonds. The van der Waals surface area contributed by atoms with E-state index in [1.165, 1.54) is 13.2 Å². The monoisotopic (exact) mass is 388 g/mol. The first kappa shape index (κ1) is 17.9. The van der Waals surface area contributed by atoms with Gasteiger partial charge in [-0.2, -0.15) is 0 Å². The summed E-state index contributed by atoms with van der Waals surface area (Å²) in [5, 5.41) is 0.925. The van der Waals surface area contributed by atoms with E-state index >= 15 is 0 Å². The Hall–Kier alpha value is -2.44. The lowest BCUT2D eigenvalue weighted by Crippen LogP contribution is -2.19. The average Bonchev–Trinajstić information content (AvgIpc) is 3.09. The van der Waals surface area contributed by atoms with E-state index in [1.54, 1.807) is 18.2 Å². The van der Waals surface area contributed by atoms with Crippen LogP contribution in [0.15, 0.2) is 36.5 Å². The summed E-state index contributed by atoms with van der Waals surface area (Å²) in [5.74, 6) is -0.962. The highest BCUT2D eigenvalue weighted by molar-refractivity contribution is 6.30. The summed E-state index contributed by atoms with van der Waals surface area (Å²) in [6.45, 7) is 1.35. The van der Waals surface area contributed by atoms with Crippen molar-refractivity contribution in [3.05, 3.63) is 53.1 Å². The van der Waals surface area contributed by atoms with Crippen LogP contribution in [0.5, 0.6) is 0 Å². The van der Waals surface area contributed by atoms with Crippen molar-refractivity contribution in [2.45, 2.75) is 18.9 Å². The molecule has 1 fully saturated rings. The highest BCUT2D eigenvalue weighted by Gasteiger charge is 2.22. The number of pyridine rings is 1. The summed E-state index contributed by atoms with van der Waals surface area (Å²) in [7, 11) is 1.33. The number of aromatic nitrogens is 2. The van der Waals surface area contributed by atoms with Crippen molar-refractivity contribution in [1.29, 1.82) is 0 Å². The van der Waals surface area contributed by atoms with Gasteiger partial charge in [0, 0.05) is 36.4 Å². The third-order valence-electron chi connectivity index (χ3n) is 4.89. The fraction of sp³-hybridized carbons (Fsp3) is 0.300. The van der Waals surface area contributed by atoms with E-state index in [2.05, 4.69) is 9.55 Å². The Labute approximate surface area is 160 Å². The van der Waals surface area contributed by atoms with E-state index in [1.807, 2.05) is 12.3 Å². The molecular formula is C20H18ClFN2O3. The lowest BCUT2D eigenvalue weighted by atomic mass is 10.1. The number of halogens is 2. The molecule has 5 nitrogen and oxygen atoms in total. The molecule has 1 saturated heterocycles. The van der Waals surface area contributed by atoms with Gasteiger partial charge in [0.05, 0.1) is 12.1 Å². The Kier molecular flexibility index (Phi) is 4.85. The number of methoxy groups -OCH3 is 1. The van der Waals surface area contributed by atoms with Crippen molar-refractivity contribution >= 4 is 28.6 Å². The van der Waals surface area contributed by atoms with E-state index in [-0.39, 0.29) is 16.8 Å². The lowest BCUT2D eigenvalue weighted by molar-refractivity contribution is 0.0593. The number of hydrogen-bond acceptors (Lipinski definition) is 4. The van der Waals surface area contributed by atoms with Crippen LogP contribution in [0.4, 0.5) is 4.39 Å². The normalized spacial score (nSPS) is 15.2. The number of nitrogens with zero attached hydrogens (tertiary/aromatic N) is 2. The third kappa shape index (κ3) is 3.31. The number of benzene rings is 1. The predicted molar refractivity (Wildman–Crippen MR) is 101 cm³/mol. The molecule has 0 saturated carbocycles. The molecule has 27 heavy (non-hydrogen) atoms. The fourth-order valence-electron chi connectivity index (χ4n) is 3.48. The van der Waals surface area contributed by atoms with E-state index in [9.17, 15) is 9.18 Å². The van der Waals surface area contributed by atoms with Crippen molar-refractivity contribution in [3.63, 3.8) is 0 Å². The first-order valence-corrected chi connectivity index (χ1v) is 9.09. The van der Waals surface area contributed by atoms with E-state index in [0.29, 0.717) is 24.4 Å². The fourth-order valence-corrected chi connectivity index (χ4v) is 3.60. The first-order chi connectivity index (χ1) is 13.1. The molecule has 3 aromatic rings. The largest absolute Gasteiger partial charge is 0.464 e. The second-order valence-corrected chi connectivity index (χ2v) is 6.89. The van der Waals surface area contributed by atoms with Crippen LogP contribution in [0.25, 0.3) is 22.2 Å². The van der Waals surface area contributed by atoms with Gasteiger partial charge in [-0.15, -0.1) is 0 Å². The van der Waals surface area contributed by atoms with Crippen molar-refractivity contribution in [2.24, 2.45) is 0 Å². The second-order valence-electron chi connectivity index (χ2n) is 6.48. The number of fused-ring (bicyclic) bond motifs is 1. The van der Waals surface area contributed by atoms with Gasteiger partial charge < -0.3 is 14.0 Å². The molecule has 0 unspecified atom stereocenters. The molecule has 0 spiro atoms. The number of esters is 1. The molecule has 2 aromatic heterocycles. The topological polar surface area (TPSA) is 53.4 Å². The van der Waals surface area contributed by atoms with Crippen LogP contribution in [0.1, 0.15) is 29.4 Å². The second kappa shape index (κ2) is 7.29. The van der Waals surface area contributed by atoms with Gasteiger partial charge in [-0.3, -0.25) is 0 Å². The zero-order chi connectivity index (χ0) is 19.0. The molecule has 0 radical (unpaired) electrons. The minimum Gasteiger partial charge on any atom is -0.464 e. The Morgan fingerprint density at radius 3 is 2.78 bits per heavy atom. The molecular weight excluding hydrogens is 371 g/mol. The van der Waals surface area contributed by atoms with Crippen LogP contribution < -0.4 is 0 Å². The molecule has 0 N–H and O–H groups in total. The summed E-state index contributed by atoms with van der Waals surface area (Å²) < 4.78 is 26.3. The van der Waals surface area contributed by atoms with E-state index in [0.717, 1.165) is 23.8 Å². The smallest absolute Gasteiger partial charge is 0.356 e. The van der Waals surface area contributed by atoms with Crippen molar-refractivity contribution in [2.75, 3.05) is 20.3 Å². The molecule has 0 atom stereocenters. The average molecular weight is 389 g/mol. The highest BCUT2D eigenvalue weighted by atomic mass is 35.5. The number of rotatable bonds is 3. The Bertz CT molecular complexity index is 1010. The highest BCUT2D eigenvalue weighted by Crippen LogP contribution is 2.35. The van der Waals surface area contributed by atoms with Crippen LogP contribution >= 0.6 is 11.6 Å². The minimum atomic E-state index is -0.490. The standard InChI is InChI=1S/C20H18ClFN2O3/c1-26-20(25)18-5-3-14-15(12-2-4-16(21)17(22)10-12)11-24(19(14)23-18)13-6-8-27-9-7-13/h2-5,10-11,13H,6-9H2,1H3. The summed E-state index contributed by atoms with van der Waals surface area (Å²) >= 11 is 5.83. The number of carbonyl (C=O) groups is 1. The number of hydrogen-bond donors (Lipinski definition) is 0. The molecule has 0 aliphatic carbocycles. The van der Waals surface area contributed by atoms with Crippen molar-refractivity contribution in [3.8, 4) is 11.1 Å². The molecule has 1 aromatic carbocycles. The predicted octanol–water partition coefficient (Wildman–Crippen LogP) is 4.63. The van der Waals surface area contributed by atoms with Crippen LogP contribution in [-0.4, -0.2) is 35.8 Å². The maximum Gasteiger partial charge on any atom is 0.356 e. The summed E-state index contributed by atoms with van der Waals surface area (Å²) in [6.07, 6.45) is 3.67. The third-order valence-corrected chi connectivity index (χ3v) is 5.19. The van der Waals surface area contributed by atoms with Gasteiger partial charge in [-0.05, 0) is 42.7 Å². The maximum absolute atomic E-state index is 14.0. The van der Waals surface area contributed by atoms with Crippen molar-refractivity contribution in [1.82, 2.24) is 9.55 Å². The van der Waals surface area contributed by atoms with Gasteiger partial charge in [0.25, 0.3) is 0 Å². The van der Waals surface area contributed by atoms with Crippen LogP contribution in [0.3, 0.4) is 0 Å². The van der Waals surface area contributed by atoms with Gasteiger partial charge in [0.2, 0.25) is 0 Å². The quantitative estimate of drug-likeness (QED) is 0.614. The van der Waals surface area contributed by atoms with E-state index < -0.39 is 11.8 Å². The Morgan fingerprint density at radius 2 is 2.07 bits per heavy atom. The van der Waals surface area contributed by atoms with E-state index in [4.69, 9.17) is 21.1 Å². The maximum atomic E-state index is 14.0. The van der Waals surface area contributed by atoms with Gasteiger partial charge in [-0.25, -0.2) is 14.2 Å². The van der Waals surface area contributed by atoms with Gasteiger partial charge >= 0.3 is 5.97 Å². The lowest BCUT2D eigenvalue weighted by Gasteiger charge is -2.24. The van der Waals surface area contributed by atoms with Gasteiger partial charge in [0.1, 0.15) is 11.5 Å². The number of ether oxygens (including phenoxy) is 2. The van der Waals surface area contributed by atoms with Crippen LogP contribution in [-0.2, 0) is 9.47 Å². The van der Waals surface area contributed by atoms with Crippen LogP contribution in [0.2, 0.25) is 5.02 Å². The summed E-state index contributed by atoms with van der Waals surface area (Å²) in [6, 6.07) is 8.39. The number of carbonyl (C=O) groups excluding carboxylic acids is 1. The molecule has 1 aliphatic rings. The molecule has 140 valence electrons.